The van der Waals surface area contributed by atoms with Crippen molar-refractivity contribution in [1.29, 1.82) is 0 Å². The number of aromatic nitrogens is 2. The van der Waals surface area contributed by atoms with Crippen LogP contribution in [0.25, 0.3) is 11.1 Å². The number of furan rings is 1. The van der Waals surface area contributed by atoms with Crippen molar-refractivity contribution in [3.8, 4) is 0 Å². The van der Waals surface area contributed by atoms with Gasteiger partial charge in [0.1, 0.15) is 0 Å². The van der Waals surface area contributed by atoms with Gasteiger partial charge in [-0.1, -0.05) is 26.3 Å². The van der Waals surface area contributed by atoms with Crippen molar-refractivity contribution in [2.24, 2.45) is 7.05 Å². The van der Waals surface area contributed by atoms with Gasteiger partial charge in [-0.05, 0) is 18.4 Å². The summed E-state index contributed by atoms with van der Waals surface area (Å²) < 4.78 is 47.1. The molecule has 1 N–H and O–H groups in total. The van der Waals surface area contributed by atoms with Crippen LogP contribution in [0, 0.1) is 0 Å². The average Bonchev–Trinajstić information content (AvgIpc) is 3.49. The zero-order valence-corrected chi connectivity index (χ0v) is 22.6. The number of carbonyl (C=O) groups is 1. The van der Waals surface area contributed by atoms with Crippen LogP contribution in [0.1, 0.15) is 71.9 Å². The van der Waals surface area contributed by atoms with Crippen molar-refractivity contribution in [3.05, 3.63) is 77.1 Å². The predicted octanol–water partition coefficient (Wildman–Crippen LogP) is 7.46. The van der Waals surface area contributed by atoms with Crippen LogP contribution < -0.4 is 0 Å². The molecule has 5 nitrogen and oxygen atoms in total. The Kier molecular flexibility index (Phi) is 12.9. The Morgan fingerprint density at radius 1 is 1.22 bits per heavy atom. The minimum absolute atomic E-state index is 0.159. The minimum atomic E-state index is -4.62. The summed E-state index contributed by atoms with van der Waals surface area (Å²) in [4.78, 5) is 11.5. The second-order valence-electron chi connectivity index (χ2n) is 8.48. The van der Waals surface area contributed by atoms with Crippen LogP contribution in [0.5, 0.6) is 0 Å². The zero-order chi connectivity index (χ0) is 28.2. The molecule has 0 saturated heterocycles. The van der Waals surface area contributed by atoms with Crippen LogP contribution in [0.3, 0.4) is 0 Å². The molecular weight excluding hydrogens is 480 g/mol. The Bertz CT molecular complexity index is 1180. The number of ketones is 1. The Morgan fingerprint density at radius 2 is 1.89 bits per heavy atom. The van der Waals surface area contributed by atoms with Crippen LogP contribution in [-0.4, -0.2) is 39.2 Å². The summed E-state index contributed by atoms with van der Waals surface area (Å²) in [7, 11) is 1.96. The monoisotopic (exact) mass is 516 g/mol. The maximum absolute atomic E-state index is 13.4. The second kappa shape index (κ2) is 15.0. The number of hydrogen-bond donors (Lipinski definition) is 1. The molecule has 0 radical (unpaired) electrons. The number of rotatable bonds is 9. The quantitative estimate of drug-likeness (QED) is 0.163. The number of carbonyl (C=O) groups excluding carboxylic acids is 1. The van der Waals surface area contributed by atoms with E-state index in [1.165, 1.54) is 56.9 Å². The van der Waals surface area contributed by atoms with E-state index in [0.717, 1.165) is 25.8 Å². The van der Waals surface area contributed by atoms with Crippen LogP contribution in [0.2, 0.25) is 0 Å². The number of aryl methyl sites for hydroxylation is 1. The van der Waals surface area contributed by atoms with E-state index in [1.807, 2.05) is 17.9 Å². The van der Waals surface area contributed by atoms with E-state index in [9.17, 15) is 23.1 Å². The average molecular weight is 516 g/mol. The van der Waals surface area contributed by atoms with Crippen LogP contribution in [0.4, 0.5) is 13.2 Å². The molecule has 0 spiro atoms. The fraction of sp³-hybridized carbons (Fsp3) is 0.393. The molecule has 0 aliphatic heterocycles. The first-order valence-electron chi connectivity index (χ1n) is 12.1. The topological polar surface area (TPSA) is 68.3 Å². The molecule has 0 amide bonds. The molecule has 0 saturated carbocycles. The van der Waals surface area contributed by atoms with Gasteiger partial charge >= 0.3 is 138 Å². The number of aliphatic hydroxyl groups excluding tert-OH is 1. The molecule has 0 unspecified atom stereocenters. The van der Waals surface area contributed by atoms with E-state index in [4.69, 9.17) is 4.42 Å². The Balaban J connectivity index is 0.000000442. The van der Waals surface area contributed by atoms with Crippen molar-refractivity contribution >= 4 is 29.3 Å². The molecule has 200 valence electrons. The summed E-state index contributed by atoms with van der Waals surface area (Å²) in [5.74, 6) is -0.846. The molecule has 0 atom stereocenters. The summed E-state index contributed by atoms with van der Waals surface area (Å²) in [6.07, 6.45) is 10.4. The van der Waals surface area contributed by atoms with Crippen molar-refractivity contribution in [1.82, 2.24) is 9.78 Å². The van der Waals surface area contributed by atoms with E-state index in [2.05, 4.69) is 31.2 Å². The number of hydrogen-bond acceptors (Lipinski definition) is 4. The van der Waals surface area contributed by atoms with E-state index in [0.29, 0.717) is 11.1 Å². The zero-order valence-electron chi connectivity index (χ0n) is 22.6. The van der Waals surface area contributed by atoms with Crippen molar-refractivity contribution in [2.75, 3.05) is 0 Å². The van der Waals surface area contributed by atoms with Gasteiger partial charge in [-0.3, -0.25) is 4.68 Å². The van der Waals surface area contributed by atoms with Gasteiger partial charge in [-0.2, -0.15) is 5.10 Å². The summed E-state index contributed by atoms with van der Waals surface area (Å²) >= 11 is 0. The third kappa shape index (κ3) is 10.3. The molecule has 0 bridgehead atoms. The Labute approximate surface area is 218 Å². The van der Waals surface area contributed by atoms with Crippen molar-refractivity contribution < 1.29 is 27.5 Å². The molecule has 2 heterocycles. The summed E-state index contributed by atoms with van der Waals surface area (Å²) in [5.41, 5.74) is 2.30. The fourth-order valence-electron chi connectivity index (χ4n) is 3.56. The van der Waals surface area contributed by atoms with Gasteiger partial charge in [-0.25, -0.2) is 0 Å². The molecule has 2 rings (SSSR count). The molecule has 2 aromatic heterocycles. The predicted molar refractivity (Wildman–Crippen MR) is 145 cm³/mol. The van der Waals surface area contributed by atoms with E-state index in [-0.39, 0.29) is 16.7 Å². The van der Waals surface area contributed by atoms with Crippen molar-refractivity contribution in [3.63, 3.8) is 0 Å². The van der Waals surface area contributed by atoms with Gasteiger partial charge < -0.3 is 0 Å². The first-order valence-corrected chi connectivity index (χ1v) is 12.1. The fourth-order valence-corrected chi connectivity index (χ4v) is 3.56. The first kappa shape index (κ1) is 31.7. The molecule has 0 fully saturated rings. The molecular formula is C28H36BF3N2O3. The second-order valence-corrected chi connectivity index (χ2v) is 8.48. The third-order valence-corrected chi connectivity index (χ3v) is 5.37. The maximum atomic E-state index is 13.4. The van der Waals surface area contributed by atoms with Gasteiger partial charge in [0, 0.05) is 18.8 Å². The summed E-state index contributed by atoms with van der Waals surface area (Å²) in [6, 6.07) is 1.55. The summed E-state index contributed by atoms with van der Waals surface area (Å²) in [6.45, 7) is 10.7. The van der Waals surface area contributed by atoms with Crippen LogP contribution in [-0.2, 0) is 11.8 Å². The molecule has 37 heavy (non-hydrogen) atoms. The van der Waals surface area contributed by atoms with E-state index >= 15 is 0 Å². The van der Waals surface area contributed by atoms with Gasteiger partial charge in [-0.15, -0.1) is 0 Å². The standard InChI is InChI=1S/C17H18BF3O3.C11H18N2/c1-5-13(14-6-7-24-9-14)8-15(17(19,20)21)10(2)18-16(11(3)22)12(4)23;1-4-6-10(7-5-2)11-8-12-13(3)9-11/h5-9,22H,1-4H3;6,8-9H,4-5,7H2,1-3H3/b13-5+,15-8+,16-11+;10-6+. The number of allylic oxidation sites excluding steroid dienone is 8. The number of alkyl halides is 3. The number of halogens is 3. The molecule has 2 aromatic rings. The third-order valence-electron chi connectivity index (χ3n) is 5.37. The van der Waals surface area contributed by atoms with Gasteiger partial charge in [0.05, 0.1) is 6.20 Å². The van der Waals surface area contributed by atoms with Gasteiger partial charge in [0.15, 0.2) is 0 Å². The Hall–Kier alpha value is -3.36. The molecule has 9 heteroatoms. The van der Waals surface area contributed by atoms with Crippen LogP contribution in [0.15, 0.2) is 70.4 Å². The molecule has 0 aliphatic carbocycles. The number of nitrogens with zero attached hydrogens (tertiary/aromatic N) is 2. The van der Waals surface area contributed by atoms with E-state index < -0.39 is 17.5 Å². The normalized spacial score (nSPS) is 14.0. The molecule has 0 aromatic carbocycles. The number of Topliss-reactive ketones (excluding diaryl/α,β-unsaturated/α-hetero) is 1. The molecule has 0 aliphatic rings. The van der Waals surface area contributed by atoms with Gasteiger partial charge in [0.2, 0.25) is 0 Å². The van der Waals surface area contributed by atoms with Gasteiger partial charge in [0.25, 0.3) is 0 Å². The van der Waals surface area contributed by atoms with E-state index in [1.54, 1.807) is 13.0 Å². The van der Waals surface area contributed by atoms with Crippen LogP contribution >= 0.6 is 0 Å². The SMILES string of the molecule is CC/C=C(\CCC)c1cnn(C)c1.C\C=C(/C=C(\C(C)=B/C(C(C)=O)=C(\C)O)C(F)(F)F)c1ccoc1. The Morgan fingerprint density at radius 3 is 2.30 bits per heavy atom. The summed E-state index contributed by atoms with van der Waals surface area (Å²) in [5, 5.41) is 13.7. The first-order chi connectivity index (χ1) is 17.3. The number of aliphatic hydroxyl groups is 1. The van der Waals surface area contributed by atoms with Crippen molar-refractivity contribution in [2.45, 2.75) is 67.0 Å².